The molecule has 0 saturated heterocycles. The van der Waals surface area contributed by atoms with E-state index in [-0.39, 0.29) is 11.2 Å². The molecule has 0 aromatic heterocycles. The first kappa shape index (κ1) is 16.3. The Morgan fingerprint density at radius 2 is 1.96 bits per heavy atom. The highest BCUT2D eigenvalue weighted by atomic mass is 16.1. The Hall–Kier alpha value is -1.18. The van der Waals surface area contributed by atoms with Crippen molar-refractivity contribution in [1.82, 2.24) is 0 Å². The fraction of sp³-hybridized carbons (Fsp3) is 0.727. The van der Waals surface area contributed by atoms with Gasteiger partial charge in [-0.25, -0.2) is 0 Å². The molecule has 24 heavy (non-hydrogen) atoms. The third-order valence-corrected chi connectivity index (χ3v) is 8.00. The summed E-state index contributed by atoms with van der Waals surface area (Å²) in [5, 5.41) is 0. The highest BCUT2D eigenvalue weighted by Crippen LogP contribution is 2.63. The van der Waals surface area contributed by atoms with Crippen molar-refractivity contribution in [3.63, 3.8) is 0 Å². The molecule has 2 heteroatoms. The van der Waals surface area contributed by atoms with E-state index in [1.54, 1.807) is 0 Å². The lowest BCUT2D eigenvalue weighted by molar-refractivity contribution is -0.123. The average molecular weight is 326 g/mol. The van der Waals surface area contributed by atoms with Crippen LogP contribution in [0, 0.1) is 35.0 Å². The highest BCUT2D eigenvalue weighted by molar-refractivity contribution is 6.02. The van der Waals surface area contributed by atoms with Crippen LogP contribution < -0.4 is 0 Å². The molecular formula is C22H30O2. The number of rotatable bonds is 2. The third-order valence-electron chi connectivity index (χ3n) is 8.00. The van der Waals surface area contributed by atoms with Crippen LogP contribution >= 0.6 is 0 Å². The summed E-state index contributed by atoms with van der Waals surface area (Å²) in [5.74, 6) is 3.58. The molecular weight excluding hydrogens is 296 g/mol. The van der Waals surface area contributed by atoms with Crippen molar-refractivity contribution >= 4 is 11.6 Å². The predicted octanol–water partition coefficient (Wildman–Crippen LogP) is 4.89. The topological polar surface area (TPSA) is 34.1 Å². The number of fused-ring (bicyclic) bond motifs is 5. The summed E-state index contributed by atoms with van der Waals surface area (Å²) in [4.78, 5) is 24.6. The van der Waals surface area contributed by atoms with E-state index in [1.165, 1.54) is 30.4 Å². The van der Waals surface area contributed by atoms with E-state index in [1.807, 2.05) is 12.2 Å². The molecule has 0 heterocycles. The van der Waals surface area contributed by atoms with Gasteiger partial charge < -0.3 is 0 Å². The van der Waals surface area contributed by atoms with Crippen molar-refractivity contribution in [2.24, 2.45) is 35.0 Å². The maximum Gasteiger partial charge on any atom is 0.178 e. The minimum Gasteiger partial charge on any atom is -0.299 e. The van der Waals surface area contributed by atoms with Crippen LogP contribution in [0.3, 0.4) is 0 Å². The molecule has 4 rings (SSSR count). The van der Waals surface area contributed by atoms with Gasteiger partial charge in [0.1, 0.15) is 5.78 Å². The van der Waals surface area contributed by atoms with E-state index in [9.17, 15) is 9.59 Å². The molecule has 0 N–H and O–H groups in total. The molecule has 0 aromatic rings. The smallest absolute Gasteiger partial charge is 0.178 e. The summed E-state index contributed by atoms with van der Waals surface area (Å²) in [5.41, 5.74) is 2.68. The van der Waals surface area contributed by atoms with Gasteiger partial charge in [0.25, 0.3) is 0 Å². The van der Waals surface area contributed by atoms with Gasteiger partial charge in [-0.1, -0.05) is 31.4 Å². The Kier molecular flexibility index (Phi) is 3.85. The van der Waals surface area contributed by atoms with Crippen LogP contribution in [-0.4, -0.2) is 11.6 Å². The van der Waals surface area contributed by atoms with Crippen LogP contribution in [0.25, 0.3) is 0 Å². The van der Waals surface area contributed by atoms with Gasteiger partial charge in [0.15, 0.2) is 5.78 Å². The van der Waals surface area contributed by atoms with Crippen molar-refractivity contribution in [1.29, 1.82) is 0 Å². The van der Waals surface area contributed by atoms with Gasteiger partial charge in [-0.15, -0.1) is 0 Å². The Bertz CT molecular complexity index is 640. The molecule has 2 nitrogen and oxygen atoms in total. The van der Waals surface area contributed by atoms with Crippen LogP contribution in [0.1, 0.15) is 65.7 Å². The molecule has 0 spiro atoms. The average Bonchev–Trinajstić information content (AvgIpc) is 2.86. The normalized spacial score (nSPS) is 44.4. The molecule has 0 radical (unpaired) electrons. The van der Waals surface area contributed by atoms with E-state index in [0.29, 0.717) is 35.4 Å². The Labute approximate surface area is 145 Å². The number of Topliss-reactive ketones (excluding diaryl/α,β-unsaturated/α-hetero) is 1. The van der Waals surface area contributed by atoms with Gasteiger partial charge in [-0.3, -0.25) is 9.59 Å². The summed E-state index contributed by atoms with van der Waals surface area (Å²) >= 11 is 0. The lowest BCUT2D eigenvalue weighted by Crippen LogP contribution is -2.48. The zero-order valence-corrected chi connectivity index (χ0v) is 15.3. The highest BCUT2D eigenvalue weighted by Gasteiger charge is 2.57. The lowest BCUT2D eigenvalue weighted by Gasteiger charge is -2.55. The summed E-state index contributed by atoms with van der Waals surface area (Å²) < 4.78 is 0. The Balaban J connectivity index is 1.71. The van der Waals surface area contributed by atoms with Crippen LogP contribution in [0.5, 0.6) is 0 Å². The second kappa shape index (κ2) is 5.68. The molecule has 4 aliphatic rings. The molecule has 0 amide bonds. The van der Waals surface area contributed by atoms with Crippen molar-refractivity contribution < 1.29 is 9.59 Å². The molecule has 3 saturated carbocycles. The van der Waals surface area contributed by atoms with Gasteiger partial charge in [0, 0.05) is 17.8 Å². The third kappa shape index (κ3) is 2.14. The second-order valence-corrected chi connectivity index (χ2v) is 8.89. The fourth-order valence-corrected chi connectivity index (χ4v) is 6.87. The summed E-state index contributed by atoms with van der Waals surface area (Å²) in [6.45, 7) is 6.78. The minimum absolute atomic E-state index is 0.0597. The van der Waals surface area contributed by atoms with Crippen molar-refractivity contribution in [2.75, 3.05) is 0 Å². The molecule has 0 aliphatic heterocycles. The zero-order chi connectivity index (χ0) is 17.1. The largest absolute Gasteiger partial charge is 0.299 e. The molecule has 4 aliphatic carbocycles. The number of hydrogen-bond donors (Lipinski definition) is 0. The lowest BCUT2D eigenvalue weighted by atomic mass is 9.48. The quantitative estimate of drug-likeness (QED) is 0.724. The van der Waals surface area contributed by atoms with Crippen molar-refractivity contribution in [3.8, 4) is 0 Å². The monoisotopic (exact) mass is 326 g/mol. The standard InChI is InChI=1S/C22H30O2/c1-4-5-14-11-20(24)18-8-9-19-17(21(14)18)7-6-15-12-16(23)10-13(2)22(15,19)3/h10,12,14,17-19,21H,4-9,11H2,1-3H3. The first-order valence-electron chi connectivity index (χ1n) is 9.93. The van der Waals surface area contributed by atoms with Crippen LogP contribution in [0.15, 0.2) is 23.3 Å². The van der Waals surface area contributed by atoms with Gasteiger partial charge in [0.05, 0.1) is 0 Å². The van der Waals surface area contributed by atoms with E-state index in [4.69, 9.17) is 0 Å². The van der Waals surface area contributed by atoms with Crippen molar-refractivity contribution in [2.45, 2.75) is 65.7 Å². The maximum atomic E-state index is 12.6. The second-order valence-electron chi connectivity index (χ2n) is 8.89. The molecule has 6 unspecified atom stereocenters. The molecule has 3 fully saturated rings. The number of hydrogen-bond acceptors (Lipinski definition) is 2. The first-order chi connectivity index (χ1) is 11.5. The summed E-state index contributed by atoms with van der Waals surface area (Å²) in [6, 6.07) is 0. The van der Waals surface area contributed by atoms with E-state index < -0.39 is 0 Å². The molecule has 0 bridgehead atoms. The van der Waals surface area contributed by atoms with E-state index in [2.05, 4.69) is 20.8 Å². The molecule has 0 aromatic carbocycles. The maximum absolute atomic E-state index is 12.6. The number of ketones is 2. The predicted molar refractivity (Wildman–Crippen MR) is 95.4 cm³/mol. The van der Waals surface area contributed by atoms with Gasteiger partial charge in [-0.2, -0.15) is 0 Å². The Morgan fingerprint density at radius 1 is 1.17 bits per heavy atom. The first-order valence-corrected chi connectivity index (χ1v) is 9.93. The van der Waals surface area contributed by atoms with Gasteiger partial charge in [-0.05, 0) is 74.9 Å². The summed E-state index contributed by atoms with van der Waals surface area (Å²) in [7, 11) is 0. The minimum atomic E-state index is 0.0597. The zero-order valence-electron chi connectivity index (χ0n) is 15.3. The van der Waals surface area contributed by atoms with Crippen LogP contribution in [-0.2, 0) is 9.59 Å². The molecule has 130 valence electrons. The Morgan fingerprint density at radius 3 is 2.71 bits per heavy atom. The van der Waals surface area contributed by atoms with Crippen molar-refractivity contribution in [3.05, 3.63) is 23.3 Å². The fourth-order valence-electron chi connectivity index (χ4n) is 6.87. The molecule has 6 atom stereocenters. The van der Waals surface area contributed by atoms with Gasteiger partial charge >= 0.3 is 0 Å². The van der Waals surface area contributed by atoms with Crippen LogP contribution in [0.2, 0.25) is 0 Å². The number of allylic oxidation sites excluding steroid dienone is 4. The van der Waals surface area contributed by atoms with E-state index >= 15 is 0 Å². The summed E-state index contributed by atoms with van der Waals surface area (Å²) in [6.07, 6.45) is 11.5. The SMILES string of the molecule is CCCC1CC(=O)C2CCC3C(CCC4=CC(=O)C=C(C)C43C)C12. The van der Waals surface area contributed by atoms with E-state index in [0.717, 1.165) is 25.7 Å². The number of carbonyl (C=O) groups excluding carboxylic acids is 2. The number of carbonyl (C=O) groups is 2. The van der Waals surface area contributed by atoms with Crippen LogP contribution in [0.4, 0.5) is 0 Å². The van der Waals surface area contributed by atoms with Gasteiger partial charge in [0.2, 0.25) is 0 Å².